The molecule has 0 unspecified atom stereocenters. The third kappa shape index (κ3) is 5.51. The van der Waals surface area contributed by atoms with Gasteiger partial charge in [0, 0.05) is 43.2 Å². The van der Waals surface area contributed by atoms with Crippen LogP contribution in [0.25, 0.3) is 0 Å². The maximum Gasteiger partial charge on any atom is 0.289 e. The number of carbonyl (C=O) groups is 2. The summed E-state index contributed by atoms with van der Waals surface area (Å²) >= 11 is 1.42. The van der Waals surface area contributed by atoms with Crippen molar-refractivity contribution in [3.8, 4) is 5.75 Å². The van der Waals surface area contributed by atoms with Crippen LogP contribution in [0.15, 0.2) is 57.0 Å². The van der Waals surface area contributed by atoms with Crippen LogP contribution in [0.2, 0.25) is 0 Å². The van der Waals surface area contributed by atoms with Crippen molar-refractivity contribution in [2.45, 2.75) is 24.3 Å². The summed E-state index contributed by atoms with van der Waals surface area (Å²) in [4.78, 5) is 48.6. The molecule has 0 bridgehead atoms. The Morgan fingerprint density at radius 1 is 1.15 bits per heavy atom. The van der Waals surface area contributed by atoms with Crippen LogP contribution in [0.4, 0.5) is 0 Å². The molecule has 3 aromatic rings. The first-order valence-electron chi connectivity index (χ1n) is 10.9. The van der Waals surface area contributed by atoms with Gasteiger partial charge in [-0.3, -0.25) is 14.4 Å². The highest BCUT2D eigenvalue weighted by atomic mass is 32.2. The minimum absolute atomic E-state index is 0.0267. The van der Waals surface area contributed by atoms with Gasteiger partial charge in [-0.25, -0.2) is 4.98 Å². The number of furan rings is 1. The van der Waals surface area contributed by atoms with E-state index in [2.05, 4.69) is 9.97 Å². The van der Waals surface area contributed by atoms with Gasteiger partial charge in [0.1, 0.15) is 5.75 Å². The largest absolute Gasteiger partial charge is 0.497 e. The molecule has 4 rings (SSSR count). The number of methoxy groups -OCH3 is 1. The number of hydrogen-bond donors (Lipinski definition) is 1. The number of thioether (sulfide) groups is 1. The first kappa shape index (κ1) is 23.6. The highest BCUT2D eigenvalue weighted by Crippen LogP contribution is 2.22. The van der Waals surface area contributed by atoms with Crippen molar-refractivity contribution in [1.29, 1.82) is 0 Å². The fourth-order valence-corrected chi connectivity index (χ4v) is 4.60. The van der Waals surface area contributed by atoms with E-state index in [1.807, 2.05) is 24.3 Å². The molecule has 1 aliphatic heterocycles. The Bertz CT molecular complexity index is 1220. The normalized spacial score (nSPS) is 13.7. The van der Waals surface area contributed by atoms with Crippen molar-refractivity contribution < 1.29 is 18.7 Å². The second kappa shape index (κ2) is 10.6. The van der Waals surface area contributed by atoms with E-state index < -0.39 is 0 Å². The molecule has 0 aliphatic carbocycles. The Hall–Kier alpha value is -3.53. The topological polar surface area (TPSA) is 109 Å². The van der Waals surface area contributed by atoms with Gasteiger partial charge in [0.15, 0.2) is 10.9 Å². The summed E-state index contributed by atoms with van der Waals surface area (Å²) < 4.78 is 10.4. The van der Waals surface area contributed by atoms with Gasteiger partial charge in [-0.2, -0.15) is 0 Å². The summed E-state index contributed by atoms with van der Waals surface area (Å²) in [7, 11) is 1.62. The highest BCUT2D eigenvalue weighted by Gasteiger charge is 2.27. The number of hydrogen-bond acceptors (Lipinski definition) is 7. The second-order valence-corrected chi connectivity index (χ2v) is 8.87. The molecule has 1 aromatic carbocycles. The lowest BCUT2D eigenvalue weighted by Gasteiger charge is -2.34. The Morgan fingerprint density at radius 3 is 2.59 bits per heavy atom. The maximum absolute atomic E-state index is 12.8. The number of ether oxygens (including phenoxy) is 1. The molecule has 1 N–H and O–H groups in total. The minimum Gasteiger partial charge on any atom is -0.497 e. The standard InChI is InChI=1S/C24H26N4O5S/c1-16-19(22(30)26-24(25-16)34-15-17-5-3-6-18(13-17)32-2)14-21(29)27-8-10-28(11-9-27)23(31)20-7-4-12-33-20/h3-7,12-13H,8-11,14-15H2,1-2H3,(H,25,26,30). The molecule has 0 radical (unpaired) electrons. The smallest absolute Gasteiger partial charge is 0.289 e. The highest BCUT2D eigenvalue weighted by molar-refractivity contribution is 7.98. The SMILES string of the molecule is COc1cccc(CSc2nc(C)c(CC(=O)N3CCN(C(=O)c4ccco4)CC3)c(=O)[nH]2)c1. The fraction of sp³-hybridized carbons (Fsp3) is 0.333. The molecule has 0 saturated carbocycles. The zero-order chi connectivity index (χ0) is 24.1. The number of carbonyl (C=O) groups excluding carboxylic acids is 2. The lowest BCUT2D eigenvalue weighted by molar-refractivity contribution is -0.132. The molecule has 3 heterocycles. The quantitative estimate of drug-likeness (QED) is 0.407. The van der Waals surface area contributed by atoms with Gasteiger partial charge in [-0.1, -0.05) is 23.9 Å². The van der Waals surface area contributed by atoms with Crippen LogP contribution in [-0.2, 0) is 17.0 Å². The van der Waals surface area contributed by atoms with Gasteiger partial charge >= 0.3 is 0 Å². The summed E-state index contributed by atoms with van der Waals surface area (Å²) in [6.45, 7) is 3.39. The van der Waals surface area contributed by atoms with E-state index >= 15 is 0 Å². The zero-order valence-electron chi connectivity index (χ0n) is 19.1. The zero-order valence-corrected chi connectivity index (χ0v) is 19.9. The van der Waals surface area contributed by atoms with Crippen LogP contribution >= 0.6 is 11.8 Å². The maximum atomic E-state index is 12.8. The number of rotatable bonds is 7. The number of amides is 2. The molecule has 2 amide bonds. The van der Waals surface area contributed by atoms with Crippen LogP contribution in [0, 0.1) is 6.92 Å². The number of nitrogens with one attached hydrogen (secondary N) is 1. The number of benzene rings is 1. The molecule has 0 spiro atoms. The van der Waals surface area contributed by atoms with Crippen LogP contribution < -0.4 is 10.3 Å². The van der Waals surface area contributed by atoms with Crippen LogP contribution in [0.3, 0.4) is 0 Å². The van der Waals surface area contributed by atoms with E-state index in [1.165, 1.54) is 18.0 Å². The van der Waals surface area contributed by atoms with Crippen molar-refractivity contribution in [3.05, 3.63) is 75.6 Å². The van der Waals surface area contributed by atoms with E-state index in [-0.39, 0.29) is 29.6 Å². The van der Waals surface area contributed by atoms with Gasteiger partial charge < -0.3 is 23.9 Å². The summed E-state index contributed by atoms with van der Waals surface area (Å²) in [6, 6.07) is 11.0. The van der Waals surface area contributed by atoms with Crippen molar-refractivity contribution in [2.75, 3.05) is 33.3 Å². The van der Waals surface area contributed by atoms with E-state index in [0.717, 1.165) is 11.3 Å². The van der Waals surface area contributed by atoms with Gasteiger partial charge in [-0.15, -0.1) is 0 Å². The third-order valence-electron chi connectivity index (χ3n) is 5.69. The molecule has 0 atom stereocenters. The van der Waals surface area contributed by atoms with E-state index in [0.29, 0.717) is 48.3 Å². The fourth-order valence-electron chi connectivity index (χ4n) is 3.75. The molecule has 1 aliphatic rings. The average Bonchev–Trinajstić information content (AvgIpc) is 3.40. The first-order chi connectivity index (χ1) is 16.4. The Balaban J connectivity index is 1.34. The molecule has 178 valence electrons. The van der Waals surface area contributed by atoms with E-state index in [4.69, 9.17) is 9.15 Å². The van der Waals surface area contributed by atoms with Crippen LogP contribution in [0.5, 0.6) is 5.75 Å². The van der Waals surface area contributed by atoms with Gasteiger partial charge in [0.2, 0.25) is 5.91 Å². The minimum atomic E-state index is -0.305. The number of H-pyrrole nitrogens is 1. The van der Waals surface area contributed by atoms with Crippen molar-refractivity contribution in [3.63, 3.8) is 0 Å². The Kier molecular flexibility index (Phi) is 7.36. The lowest BCUT2D eigenvalue weighted by atomic mass is 10.1. The van der Waals surface area contributed by atoms with Gasteiger partial charge in [0.05, 0.1) is 19.8 Å². The summed E-state index contributed by atoms with van der Waals surface area (Å²) in [6.07, 6.45) is 1.44. The van der Waals surface area contributed by atoms with Crippen LogP contribution in [0.1, 0.15) is 27.4 Å². The number of piperazine rings is 1. The van der Waals surface area contributed by atoms with Gasteiger partial charge in [-0.05, 0) is 36.8 Å². The molecule has 9 nitrogen and oxygen atoms in total. The van der Waals surface area contributed by atoms with Crippen molar-refractivity contribution in [1.82, 2.24) is 19.8 Å². The summed E-state index contributed by atoms with van der Waals surface area (Å²) in [5.74, 6) is 1.35. The molecular formula is C24H26N4O5S. The summed E-state index contributed by atoms with van der Waals surface area (Å²) in [5, 5.41) is 0.506. The first-order valence-corrected chi connectivity index (χ1v) is 11.9. The number of nitrogens with zero attached hydrogens (tertiary/aromatic N) is 3. The molecule has 1 fully saturated rings. The number of aromatic amines is 1. The lowest BCUT2D eigenvalue weighted by Crippen LogP contribution is -2.51. The molecule has 10 heteroatoms. The summed E-state index contributed by atoms with van der Waals surface area (Å²) in [5.41, 5.74) is 1.65. The second-order valence-electron chi connectivity index (χ2n) is 7.90. The molecule has 2 aromatic heterocycles. The van der Waals surface area contributed by atoms with Crippen molar-refractivity contribution in [2.24, 2.45) is 0 Å². The molecule has 1 saturated heterocycles. The predicted octanol–water partition coefficient (Wildman–Crippen LogP) is 2.50. The van der Waals surface area contributed by atoms with E-state index in [1.54, 1.807) is 36.0 Å². The number of aryl methyl sites for hydroxylation is 1. The molecular weight excluding hydrogens is 456 g/mol. The predicted molar refractivity (Wildman–Crippen MR) is 127 cm³/mol. The third-order valence-corrected chi connectivity index (χ3v) is 6.63. The van der Waals surface area contributed by atoms with Crippen LogP contribution in [-0.4, -0.2) is 64.9 Å². The molecule has 34 heavy (non-hydrogen) atoms. The Morgan fingerprint density at radius 2 is 1.91 bits per heavy atom. The Labute approximate surface area is 201 Å². The van der Waals surface area contributed by atoms with Crippen molar-refractivity contribution >= 4 is 23.6 Å². The monoisotopic (exact) mass is 482 g/mol. The van der Waals surface area contributed by atoms with Gasteiger partial charge in [0.25, 0.3) is 11.5 Å². The average molecular weight is 483 g/mol. The van der Waals surface area contributed by atoms with E-state index in [9.17, 15) is 14.4 Å². The number of aromatic nitrogens is 2.